The monoisotopic (exact) mass is 232 g/mol. The number of benzene rings is 1. The second-order valence-electron chi connectivity index (χ2n) is 5.36. The van der Waals surface area contributed by atoms with E-state index in [1.54, 1.807) is 0 Å². The molecule has 17 heavy (non-hydrogen) atoms. The van der Waals surface area contributed by atoms with E-state index in [0.717, 1.165) is 13.1 Å². The second-order valence-corrected chi connectivity index (χ2v) is 5.36. The molecule has 2 atom stereocenters. The fourth-order valence-corrected chi connectivity index (χ4v) is 2.54. The van der Waals surface area contributed by atoms with Gasteiger partial charge in [-0.15, -0.1) is 0 Å². The van der Waals surface area contributed by atoms with Crippen molar-refractivity contribution in [3.8, 4) is 0 Å². The van der Waals surface area contributed by atoms with Crippen molar-refractivity contribution in [1.82, 2.24) is 5.32 Å². The molecule has 1 N–H and O–H groups in total. The molecule has 0 radical (unpaired) electrons. The highest BCUT2D eigenvalue weighted by atomic mass is 15.2. The number of nitrogens with zero attached hydrogens (tertiary/aromatic N) is 1. The molecule has 2 nitrogen and oxygen atoms in total. The van der Waals surface area contributed by atoms with E-state index in [9.17, 15) is 0 Å². The minimum Gasteiger partial charge on any atom is -0.367 e. The Morgan fingerprint density at radius 1 is 1.24 bits per heavy atom. The highest BCUT2D eigenvalue weighted by molar-refractivity contribution is 5.56. The Kier molecular flexibility index (Phi) is 3.72. The molecule has 1 aliphatic heterocycles. The summed E-state index contributed by atoms with van der Waals surface area (Å²) in [5.41, 5.74) is 4.22. The van der Waals surface area contributed by atoms with Crippen LogP contribution in [0.4, 0.5) is 5.69 Å². The van der Waals surface area contributed by atoms with Crippen LogP contribution in [0.5, 0.6) is 0 Å². The maximum absolute atomic E-state index is 3.59. The van der Waals surface area contributed by atoms with Crippen molar-refractivity contribution in [2.75, 3.05) is 18.0 Å². The van der Waals surface area contributed by atoms with E-state index < -0.39 is 0 Å². The van der Waals surface area contributed by atoms with Crippen molar-refractivity contribution in [2.45, 2.75) is 46.2 Å². The molecule has 94 valence electrons. The van der Waals surface area contributed by atoms with Crippen LogP contribution in [0.2, 0.25) is 0 Å². The molecular formula is C15H24N2. The highest BCUT2D eigenvalue weighted by Gasteiger charge is 2.21. The summed E-state index contributed by atoms with van der Waals surface area (Å²) in [5, 5.41) is 3.59. The van der Waals surface area contributed by atoms with Crippen LogP contribution >= 0.6 is 0 Å². The summed E-state index contributed by atoms with van der Waals surface area (Å²) in [6.07, 6.45) is 1.22. The van der Waals surface area contributed by atoms with Crippen LogP contribution in [-0.4, -0.2) is 25.2 Å². The third-order valence-electron chi connectivity index (χ3n) is 3.98. The van der Waals surface area contributed by atoms with E-state index in [4.69, 9.17) is 0 Å². The largest absolute Gasteiger partial charge is 0.367 e. The maximum Gasteiger partial charge on any atom is 0.0401 e. The van der Waals surface area contributed by atoms with Crippen molar-refractivity contribution in [1.29, 1.82) is 0 Å². The van der Waals surface area contributed by atoms with Gasteiger partial charge in [0.05, 0.1) is 0 Å². The lowest BCUT2D eigenvalue weighted by Crippen LogP contribution is -2.38. The molecule has 1 fully saturated rings. The number of nitrogens with one attached hydrogen (secondary N) is 1. The Hall–Kier alpha value is -1.02. The summed E-state index contributed by atoms with van der Waals surface area (Å²) in [4.78, 5) is 2.55. The average molecular weight is 232 g/mol. The lowest BCUT2D eigenvalue weighted by molar-refractivity contribution is 0.548. The second kappa shape index (κ2) is 5.09. The molecule has 0 amide bonds. The Morgan fingerprint density at radius 2 is 2.00 bits per heavy atom. The average Bonchev–Trinajstić information content (AvgIpc) is 2.46. The summed E-state index contributed by atoms with van der Waals surface area (Å²) >= 11 is 0. The van der Waals surface area contributed by atoms with Crippen molar-refractivity contribution >= 4 is 5.69 Å². The fourth-order valence-electron chi connectivity index (χ4n) is 2.54. The lowest BCUT2D eigenvalue weighted by atomic mass is 10.1. The van der Waals surface area contributed by atoms with Gasteiger partial charge in [0.25, 0.3) is 0 Å². The van der Waals surface area contributed by atoms with Crippen molar-refractivity contribution < 1.29 is 0 Å². The first kappa shape index (κ1) is 12.4. The summed E-state index contributed by atoms with van der Waals surface area (Å²) in [6.45, 7) is 11.3. The minimum absolute atomic E-state index is 0.570. The number of hydrogen-bond donors (Lipinski definition) is 1. The topological polar surface area (TPSA) is 15.3 Å². The van der Waals surface area contributed by atoms with Gasteiger partial charge < -0.3 is 10.2 Å². The number of aryl methyl sites for hydroxylation is 1. The van der Waals surface area contributed by atoms with Gasteiger partial charge in [-0.2, -0.15) is 0 Å². The molecule has 1 aromatic rings. The molecule has 1 aromatic carbocycles. The van der Waals surface area contributed by atoms with Gasteiger partial charge in [-0.3, -0.25) is 0 Å². The molecule has 0 bridgehead atoms. The van der Waals surface area contributed by atoms with Gasteiger partial charge >= 0.3 is 0 Å². The van der Waals surface area contributed by atoms with E-state index in [0.29, 0.717) is 12.1 Å². The lowest BCUT2D eigenvalue weighted by Gasteiger charge is -2.31. The van der Waals surface area contributed by atoms with E-state index in [2.05, 4.69) is 56.1 Å². The van der Waals surface area contributed by atoms with Crippen LogP contribution < -0.4 is 10.2 Å². The van der Waals surface area contributed by atoms with E-state index in [1.165, 1.54) is 23.2 Å². The molecule has 0 saturated carbocycles. The van der Waals surface area contributed by atoms with Crippen LogP contribution in [0, 0.1) is 13.8 Å². The van der Waals surface area contributed by atoms with Crippen LogP contribution in [0.25, 0.3) is 0 Å². The molecule has 2 rings (SSSR count). The standard InChI is InChI=1S/C15H24N2/c1-11-6-5-7-15(14(11)4)17-9-8-12(2)16-10-13(17)3/h5-7,12-13,16H,8-10H2,1-4H3. The van der Waals surface area contributed by atoms with Crippen molar-refractivity contribution in [2.24, 2.45) is 0 Å². The SMILES string of the molecule is Cc1cccc(N2CCC(C)NCC2C)c1C. The quantitative estimate of drug-likeness (QED) is 0.801. The van der Waals surface area contributed by atoms with E-state index in [-0.39, 0.29) is 0 Å². The van der Waals surface area contributed by atoms with Gasteiger partial charge in [0.15, 0.2) is 0 Å². The number of hydrogen-bond acceptors (Lipinski definition) is 2. The normalized spacial score (nSPS) is 25.8. The van der Waals surface area contributed by atoms with E-state index in [1.807, 2.05) is 0 Å². The summed E-state index contributed by atoms with van der Waals surface area (Å²) in [5.74, 6) is 0. The van der Waals surface area contributed by atoms with Crippen molar-refractivity contribution in [3.63, 3.8) is 0 Å². The maximum atomic E-state index is 3.59. The molecule has 0 aliphatic carbocycles. The molecule has 0 spiro atoms. The molecule has 1 heterocycles. The first-order valence-corrected chi connectivity index (χ1v) is 6.66. The molecular weight excluding hydrogens is 208 g/mol. The summed E-state index contributed by atoms with van der Waals surface area (Å²) < 4.78 is 0. The first-order chi connectivity index (χ1) is 8.09. The van der Waals surface area contributed by atoms with Gasteiger partial charge in [0.1, 0.15) is 0 Å². The Morgan fingerprint density at radius 3 is 2.76 bits per heavy atom. The smallest absolute Gasteiger partial charge is 0.0401 e. The molecule has 2 unspecified atom stereocenters. The molecule has 1 aliphatic rings. The van der Waals surface area contributed by atoms with E-state index >= 15 is 0 Å². The zero-order chi connectivity index (χ0) is 12.4. The van der Waals surface area contributed by atoms with Gasteiger partial charge in [-0.05, 0) is 51.3 Å². The predicted molar refractivity (Wildman–Crippen MR) is 74.8 cm³/mol. The van der Waals surface area contributed by atoms with Crippen LogP contribution in [-0.2, 0) is 0 Å². The minimum atomic E-state index is 0.570. The van der Waals surface area contributed by atoms with Gasteiger partial charge in [-0.1, -0.05) is 12.1 Å². The van der Waals surface area contributed by atoms with Gasteiger partial charge in [0, 0.05) is 30.9 Å². The Labute approximate surface area is 105 Å². The van der Waals surface area contributed by atoms with Crippen LogP contribution in [0.15, 0.2) is 18.2 Å². The third-order valence-corrected chi connectivity index (χ3v) is 3.98. The van der Waals surface area contributed by atoms with Gasteiger partial charge in [0.2, 0.25) is 0 Å². The van der Waals surface area contributed by atoms with Crippen molar-refractivity contribution in [3.05, 3.63) is 29.3 Å². The third kappa shape index (κ3) is 2.63. The predicted octanol–water partition coefficient (Wildman–Crippen LogP) is 2.88. The van der Waals surface area contributed by atoms with Gasteiger partial charge in [-0.25, -0.2) is 0 Å². The molecule has 0 aromatic heterocycles. The molecule has 2 heteroatoms. The highest BCUT2D eigenvalue weighted by Crippen LogP contribution is 2.25. The zero-order valence-electron chi connectivity index (χ0n) is 11.5. The number of rotatable bonds is 1. The summed E-state index contributed by atoms with van der Waals surface area (Å²) in [6, 6.07) is 7.83. The molecule has 1 saturated heterocycles. The Balaban J connectivity index is 2.28. The zero-order valence-corrected chi connectivity index (χ0v) is 11.5. The first-order valence-electron chi connectivity index (χ1n) is 6.66. The Bertz CT molecular complexity index is 387. The number of anilines is 1. The summed E-state index contributed by atoms with van der Waals surface area (Å²) in [7, 11) is 0. The van der Waals surface area contributed by atoms with Crippen LogP contribution in [0.3, 0.4) is 0 Å². The van der Waals surface area contributed by atoms with Crippen LogP contribution in [0.1, 0.15) is 31.4 Å². The fraction of sp³-hybridized carbons (Fsp3) is 0.600.